The molecule has 0 atom stereocenters. The quantitative estimate of drug-likeness (QED) is 0.697. The molecule has 0 spiro atoms. The third-order valence-electron chi connectivity index (χ3n) is 5.22. The second kappa shape index (κ2) is 7.07. The van der Waals surface area contributed by atoms with Crippen LogP contribution in [0.3, 0.4) is 0 Å². The molecule has 1 saturated heterocycles. The van der Waals surface area contributed by atoms with Crippen LogP contribution in [0.1, 0.15) is 5.56 Å². The number of alkyl halides is 3. The Morgan fingerprint density at radius 3 is 2.34 bits per heavy atom. The van der Waals surface area contributed by atoms with Crippen LogP contribution in [-0.2, 0) is 16.0 Å². The van der Waals surface area contributed by atoms with Gasteiger partial charge in [0.2, 0.25) is 9.84 Å². The molecule has 2 aromatic carbocycles. The second-order valence-electron chi connectivity index (χ2n) is 7.16. The molecular formula is C20H20F3N3O2S. The van der Waals surface area contributed by atoms with Crippen LogP contribution in [0.4, 0.5) is 18.9 Å². The first kappa shape index (κ1) is 19.8. The van der Waals surface area contributed by atoms with Crippen molar-refractivity contribution in [2.75, 3.05) is 38.1 Å². The summed E-state index contributed by atoms with van der Waals surface area (Å²) in [5.41, 5.74) is 0.291. The van der Waals surface area contributed by atoms with Crippen molar-refractivity contribution in [3.63, 3.8) is 0 Å². The number of nitrogens with zero attached hydrogens (tertiary/aromatic N) is 2. The van der Waals surface area contributed by atoms with Crippen LogP contribution < -0.4 is 4.90 Å². The Bertz CT molecular complexity index is 1150. The summed E-state index contributed by atoms with van der Waals surface area (Å²) in [5.74, 6) is 0. The van der Waals surface area contributed by atoms with E-state index in [9.17, 15) is 21.6 Å². The number of H-pyrrole nitrogens is 1. The summed E-state index contributed by atoms with van der Waals surface area (Å²) in [6.45, 7) is 3.32. The molecule has 154 valence electrons. The summed E-state index contributed by atoms with van der Waals surface area (Å²) in [6, 6.07) is 11.1. The third kappa shape index (κ3) is 3.60. The van der Waals surface area contributed by atoms with E-state index >= 15 is 0 Å². The Balaban J connectivity index is 1.81. The summed E-state index contributed by atoms with van der Waals surface area (Å²) < 4.78 is 66.2. The van der Waals surface area contributed by atoms with Gasteiger partial charge in [-0.1, -0.05) is 24.3 Å². The van der Waals surface area contributed by atoms with Crippen molar-refractivity contribution in [1.29, 1.82) is 0 Å². The minimum absolute atomic E-state index is 0.245. The Morgan fingerprint density at radius 2 is 1.66 bits per heavy atom. The summed E-state index contributed by atoms with van der Waals surface area (Å²) >= 11 is 0. The number of benzene rings is 2. The number of halogens is 3. The highest BCUT2D eigenvalue weighted by atomic mass is 32.2. The molecule has 9 heteroatoms. The lowest BCUT2D eigenvalue weighted by Gasteiger charge is -2.34. The van der Waals surface area contributed by atoms with Crippen molar-refractivity contribution >= 4 is 26.4 Å². The van der Waals surface area contributed by atoms with Gasteiger partial charge in [0.25, 0.3) is 0 Å². The smallest absolute Gasteiger partial charge is 0.367 e. The van der Waals surface area contributed by atoms with Crippen molar-refractivity contribution in [2.45, 2.75) is 16.1 Å². The Labute approximate surface area is 166 Å². The predicted octanol–water partition coefficient (Wildman–Crippen LogP) is 3.77. The molecule has 5 nitrogen and oxygen atoms in total. The van der Waals surface area contributed by atoms with E-state index < -0.39 is 26.5 Å². The summed E-state index contributed by atoms with van der Waals surface area (Å²) in [4.78, 5) is 6.49. The number of anilines is 1. The van der Waals surface area contributed by atoms with Crippen molar-refractivity contribution in [2.24, 2.45) is 0 Å². The monoisotopic (exact) mass is 423 g/mol. The molecule has 4 rings (SSSR count). The van der Waals surface area contributed by atoms with Crippen molar-refractivity contribution in [1.82, 2.24) is 9.88 Å². The van der Waals surface area contributed by atoms with Gasteiger partial charge >= 0.3 is 6.18 Å². The number of rotatable bonds is 3. The molecule has 29 heavy (non-hydrogen) atoms. The Kier molecular flexibility index (Phi) is 4.82. The Hall–Kier alpha value is -2.52. The minimum Gasteiger partial charge on any atom is -0.367 e. The first-order valence-corrected chi connectivity index (χ1v) is 10.6. The molecular weight excluding hydrogens is 403 g/mol. The van der Waals surface area contributed by atoms with Crippen molar-refractivity contribution in [3.8, 4) is 0 Å². The van der Waals surface area contributed by atoms with Crippen molar-refractivity contribution in [3.05, 3.63) is 54.1 Å². The highest BCUT2D eigenvalue weighted by Crippen LogP contribution is 2.37. The lowest BCUT2D eigenvalue weighted by atomic mass is 10.2. The molecule has 0 bridgehead atoms. The van der Waals surface area contributed by atoms with Gasteiger partial charge in [0.05, 0.1) is 21.7 Å². The number of likely N-dealkylation sites (N-methyl/N-ethyl adjacent to an activating group) is 1. The molecule has 0 unspecified atom stereocenters. The topological polar surface area (TPSA) is 56.4 Å². The van der Waals surface area contributed by atoms with Gasteiger partial charge < -0.3 is 14.8 Å². The summed E-state index contributed by atoms with van der Waals surface area (Å²) in [5, 5.41) is 0.398. The minimum atomic E-state index is -4.76. The predicted molar refractivity (Wildman–Crippen MR) is 105 cm³/mol. The molecule has 1 aliphatic heterocycles. The molecule has 0 radical (unpaired) electrons. The van der Waals surface area contributed by atoms with Gasteiger partial charge in [-0.3, -0.25) is 0 Å². The second-order valence-corrected chi connectivity index (χ2v) is 9.05. The average Bonchev–Trinajstić information content (AvgIpc) is 3.13. The maximum atomic E-state index is 13.4. The number of hydrogen-bond acceptors (Lipinski definition) is 4. The zero-order valence-electron chi connectivity index (χ0n) is 15.7. The van der Waals surface area contributed by atoms with E-state index in [2.05, 4.69) is 14.8 Å². The molecule has 0 aliphatic carbocycles. The summed E-state index contributed by atoms with van der Waals surface area (Å²) in [7, 11) is -2.34. The zero-order chi connectivity index (χ0) is 20.8. The van der Waals surface area contributed by atoms with Crippen LogP contribution in [0, 0.1) is 0 Å². The number of aromatic nitrogens is 1. The van der Waals surface area contributed by atoms with E-state index in [0.717, 1.165) is 44.0 Å². The SMILES string of the molecule is CN1CCN(c2cccc3cc(S(=O)(=O)c4ccccc4C(F)(F)F)[nH]c23)CC1. The zero-order valence-corrected chi connectivity index (χ0v) is 16.5. The van der Waals surface area contributed by atoms with Gasteiger partial charge in [-0.15, -0.1) is 0 Å². The van der Waals surface area contributed by atoms with Crippen molar-refractivity contribution < 1.29 is 21.6 Å². The molecule has 1 N–H and O–H groups in total. The van der Waals surface area contributed by atoms with Crippen LogP contribution in [-0.4, -0.2) is 51.5 Å². The standard InChI is InChI=1S/C20H20F3N3O2S/c1-25-9-11-26(12-10-25)16-7-4-5-14-13-18(24-19(14)16)29(27,28)17-8-3-2-6-15(17)20(21,22)23/h2-8,13,24H,9-12H2,1H3. The van der Waals surface area contributed by atoms with E-state index in [0.29, 0.717) is 10.9 Å². The fourth-order valence-corrected chi connectivity index (χ4v) is 5.11. The first-order valence-electron chi connectivity index (χ1n) is 9.14. The lowest BCUT2D eigenvalue weighted by molar-refractivity contribution is -0.139. The number of aromatic amines is 1. The van der Waals surface area contributed by atoms with Gasteiger partial charge in [-0.05, 0) is 31.3 Å². The number of piperazine rings is 1. The van der Waals surface area contributed by atoms with Crippen LogP contribution >= 0.6 is 0 Å². The van der Waals surface area contributed by atoms with Gasteiger partial charge in [0, 0.05) is 31.6 Å². The normalized spacial score (nSPS) is 16.5. The summed E-state index contributed by atoms with van der Waals surface area (Å²) in [6.07, 6.45) is -4.76. The molecule has 0 amide bonds. The van der Waals surface area contributed by atoms with Gasteiger partial charge in [0.1, 0.15) is 5.03 Å². The average molecular weight is 423 g/mol. The fraction of sp³-hybridized carbons (Fsp3) is 0.300. The number of nitrogens with one attached hydrogen (secondary N) is 1. The Morgan fingerprint density at radius 1 is 0.966 bits per heavy atom. The van der Waals surface area contributed by atoms with E-state index in [1.807, 2.05) is 19.2 Å². The van der Waals surface area contributed by atoms with Gasteiger partial charge in [0.15, 0.2) is 0 Å². The molecule has 1 aromatic heterocycles. The molecule has 1 aliphatic rings. The highest BCUT2D eigenvalue weighted by molar-refractivity contribution is 7.91. The maximum Gasteiger partial charge on any atom is 0.417 e. The highest BCUT2D eigenvalue weighted by Gasteiger charge is 2.37. The van der Waals surface area contributed by atoms with E-state index in [4.69, 9.17) is 0 Å². The number of fused-ring (bicyclic) bond motifs is 1. The van der Waals surface area contributed by atoms with E-state index in [1.54, 1.807) is 6.07 Å². The maximum absolute atomic E-state index is 13.4. The molecule has 1 fully saturated rings. The number of sulfone groups is 1. The van der Waals surface area contributed by atoms with Gasteiger partial charge in [-0.2, -0.15) is 13.2 Å². The van der Waals surface area contributed by atoms with Gasteiger partial charge in [-0.25, -0.2) is 8.42 Å². The van der Waals surface area contributed by atoms with Crippen LogP contribution in [0.25, 0.3) is 10.9 Å². The lowest BCUT2D eigenvalue weighted by Crippen LogP contribution is -2.44. The largest absolute Gasteiger partial charge is 0.417 e. The third-order valence-corrected chi connectivity index (χ3v) is 6.96. The van der Waals surface area contributed by atoms with Crippen LogP contribution in [0.2, 0.25) is 0 Å². The first-order chi connectivity index (χ1) is 13.7. The van der Waals surface area contributed by atoms with Crippen LogP contribution in [0.5, 0.6) is 0 Å². The number of para-hydroxylation sites is 1. The van der Waals surface area contributed by atoms with E-state index in [1.165, 1.54) is 18.2 Å². The molecule has 0 saturated carbocycles. The number of hydrogen-bond donors (Lipinski definition) is 1. The molecule has 2 heterocycles. The fourth-order valence-electron chi connectivity index (χ4n) is 3.62. The van der Waals surface area contributed by atoms with Crippen LogP contribution in [0.15, 0.2) is 58.5 Å². The molecule has 3 aromatic rings. The van der Waals surface area contributed by atoms with E-state index in [-0.39, 0.29) is 5.03 Å².